The van der Waals surface area contributed by atoms with Crippen molar-refractivity contribution in [1.82, 2.24) is 16.0 Å². The lowest BCUT2D eigenvalue weighted by Crippen LogP contribution is -2.55. The van der Waals surface area contributed by atoms with E-state index < -0.39 is 36.0 Å². The van der Waals surface area contributed by atoms with Gasteiger partial charge < -0.3 is 25.5 Å². The summed E-state index contributed by atoms with van der Waals surface area (Å²) >= 11 is 0. The van der Waals surface area contributed by atoms with Crippen molar-refractivity contribution in [2.45, 2.75) is 59.2 Å². The summed E-state index contributed by atoms with van der Waals surface area (Å²) in [7, 11) is 1.20. The molecule has 0 saturated carbocycles. The van der Waals surface area contributed by atoms with Crippen LogP contribution in [0.1, 0.15) is 41.0 Å². The number of carbonyl (C=O) groups is 4. The monoisotopic (exact) mass is 343 g/mol. The Kier molecular flexibility index (Phi) is 9.68. The molecule has 3 atom stereocenters. The van der Waals surface area contributed by atoms with Crippen LogP contribution in [-0.2, 0) is 19.1 Å². The Morgan fingerprint density at radius 3 is 1.96 bits per heavy atom. The number of amides is 3. The highest BCUT2D eigenvalue weighted by molar-refractivity contribution is 5.91. The maximum absolute atomic E-state index is 12.3. The third-order valence-electron chi connectivity index (χ3n) is 3.38. The van der Waals surface area contributed by atoms with Gasteiger partial charge in [0, 0.05) is 0 Å². The van der Waals surface area contributed by atoms with Gasteiger partial charge in [-0.1, -0.05) is 27.7 Å². The molecule has 138 valence electrons. The minimum absolute atomic E-state index is 0.192. The molecule has 8 heteroatoms. The molecular formula is C16H29N3O5. The Bertz CT molecular complexity index is 451. The number of carbonyl (C=O) groups excluding carboxylic acids is 4. The standard InChI is InChI=1S/C16H29N3O5/c1-9(2)7-12(8-20)18-14(21)11(5)17-15(22)13(10(3)4)19-16(23)24-6/h8-13H,7H2,1-6H3,(H,17,22)(H,18,21)(H,19,23)/t11-,12?,13-/m0/s1. The average Bonchev–Trinajstić information content (AvgIpc) is 2.50. The second-order valence-corrected chi connectivity index (χ2v) is 6.47. The molecule has 0 bridgehead atoms. The smallest absolute Gasteiger partial charge is 0.407 e. The van der Waals surface area contributed by atoms with E-state index in [0.717, 1.165) is 0 Å². The van der Waals surface area contributed by atoms with Crippen molar-refractivity contribution in [2.24, 2.45) is 11.8 Å². The lowest BCUT2D eigenvalue weighted by Gasteiger charge is -2.24. The van der Waals surface area contributed by atoms with Gasteiger partial charge in [-0.15, -0.1) is 0 Å². The fourth-order valence-corrected chi connectivity index (χ4v) is 2.05. The van der Waals surface area contributed by atoms with Crippen LogP contribution in [-0.4, -0.2) is 49.4 Å². The fraction of sp³-hybridized carbons (Fsp3) is 0.750. The van der Waals surface area contributed by atoms with Crippen LogP contribution in [0.4, 0.5) is 4.79 Å². The van der Waals surface area contributed by atoms with Crippen LogP contribution >= 0.6 is 0 Å². The number of hydrogen-bond acceptors (Lipinski definition) is 5. The first kappa shape index (κ1) is 21.9. The molecule has 0 aromatic heterocycles. The van der Waals surface area contributed by atoms with Crippen LogP contribution in [0, 0.1) is 11.8 Å². The SMILES string of the molecule is COC(=O)N[C@H](C(=O)N[C@@H](C)C(=O)NC(C=O)CC(C)C)C(C)C. The van der Waals surface area contributed by atoms with Gasteiger partial charge in [-0.3, -0.25) is 9.59 Å². The van der Waals surface area contributed by atoms with Gasteiger partial charge in [-0.05, 0) is 25.2 Å². The first-order valence-corrected chi connectivity index (χ1v) is 8.02. The van der Waals surface area contributed by atoms with E-state index in [1.165, 1.54) is 14.0 Å². The zero-order chi connectivity index (χ0) is 18.9. The lowest BCUT2D eigenvalue weighted by atomic mass is 10.0. The zero-order valence-corrected chi connectivity index (χ0v) is 15.2. The highest BCUT2D eigenvalue weighted by Gasteiger charge is 2.27. The van der Waals surface area contributed by atoms with Crippen LogP contribution in [0.25, 0.3) is 0 Å². The molecule has 8 nitrogen and oxygen atoms in total. The number of rotatable bonds is 9. The Morgan fingerprint density at radius 1 is 0.958 bits per heavy atom. The van der Waals surface area contributed by atoms with Crippen molar-refractivity contribution in [3.63, 3.8) is 0 Å². The maximum atomic E-state index is 12.3. The largest absolute Gasteiger partial charge is 0.453 e. The van der Waals surface area contributed by atoms with Crippen LogP contribution in [0.2, 0.25) is 0 Å². The Morgan fingerprint density at radius 2 is 1.54 bits per heavy atom. The van der Waals surface area contributed by atoms with Gasteiger partial charge in [0.1, 0.15) is 18.4 Å². The van der Waals surface area contributed by atoms with Crippen LogP contribution < -0.4 is 16.0 Å². The summed E-state index contributed by atoms with van der Waals surface area (Å²) in [6.45, 7) is 8.92. The van der Waals surface area contributed by atoms with Crippen molar-refractivity contribution in [3.8, 4) is 0 Å². The number of alkyl carbamates (subject to hydrolysis) is 1. The van der Waals surface area contributed by atoms with E-state index in [1.54, 1.807) is 13.8 Å². The molecule has 0 aromatic carbocycles. The second kappa shape index (κ2) is 10.6. The van der Waals surface area contributed by atoms with Gasteiger partial charge in [0.15, 0.2) is 0 Å². The average molecular weight is 343 g/mol. The van der Waals surface area contributed by atoms with Gasteiger partial charge in [-0.25, -0.2) is 4.79 Å². The summed E-state index contributed by atoms with van der Waals surface area (Å²) in [6, 6.07) is -2.26. The van der Waals surface area contributed by atoms with Gasteiger partial charge >= 0.3 is 6.09 Å². The van der Waals surface area contributed by atoms with E-state index in [2.05, 4.69) is 20.7 Å². The molecule has 0 rings (SSSR count). The van der Waals surface area contributed by atoms with Crippen molar-refractivity contribution < 1.29 is 23.9 Å². The van der Waals surface area contributed by atoms with Crippen molar-refractivity contribution >= 4 is 24.2 Å². The molecule has 0 spiro atoms. The summed E-state index contributed by atoms with van der Waals surface area (Å²) in [5.41, 5.74) is 0. The number of ether oxygens (including phenoxy) is 1. The molecule has 24 heavy (non-hydrogen) atoms. The molecule has 3 N–H and O–H groups in total. The van der Waals surface area contributed by atoms with Gasteiger partial charge in [0.05, 0.1) is 13.2 Å². The molecule has 0 saturated heterocycles. The third-order valence-corrected chi connectivity index (χ3v) is 3.38. The van der Waals surface area contributed by atoms with Crippen molar-refractivity contribution in [1.29, 1.82) is 0 Å². The molecule has 0 aliphatic rings. The summed E-state index contributed by atoms with van der Waals surface area (Å²) < 4.78 is 4.49. The zero-order valence-electron chi connectivity index (χ0n) is 15.2. The molecule has 0 aromatic rings. The third kappa shape index (κ3) is 7.94. The molecule has 0 radical (unpaired) electrons. The molecule has 0 aliphatic heterocycles. The topological polar surface area (TPSA) is 114 Å². The van der Waals surface area contributed by atoms with Crippen molar-refractivity contribution in [3.05, 3.63) is 0 Å². The second-order valence-electron chi connectivity index (χ2n) is 6.47. The highest BCUT2D eigenvalue weighted by Crippen LogP contribution is 2.05. The number of nitrogens with one attached hydrogen (secondary N) is 3. The molecular weight excluding hydrogens is 314 g/mol. The van der Waals surface area contributed by atoms with Crippen molar-refractivity contribution in [2.75, 3.05) is 7.11 Å². The molecule has 3 amide bonds. The maximum Gasteiger partial charge on any atom is 0.407 e. The predicted molar refractivity (Wildman–Crippen MR) is 89.2 cm³/mol. The molecule has 0 fully saturated rings. The summed E-state index contributed by atoms with van der Waals surface area (Å²) in [5.74, 6) is -0.894. The van der Waals surface area contributed by atoms with E-state index >= 15 is 0 Å². The van der Waals surface area contributed by atoms with Gasteiger partial charge in [0.25, 0.3) is 0 Å². The Hall–Kier alpha value is -2.12. The minimum atomic E-state index is -0.840. The highest BCUT2D eigenvalue weighted by atomic mass is 16.5. The van der Waals surface area contributed by atoms with Crippen LogP contribution in [0.5, 0.6) is 0 Å². The summed E-state index contributed by atoms with van der Waals surface area (Å²) in [4.78, 5) is 46.7. The Labute approximate surface area is 143 Å². The fourth-order valence-electron chi connectivity index (χ4n) is 2.05. The first-order valence-electron chi connectivity index (χ1n) is 8.02. The molecule has 0 heterocycles. The normalized spacial score (nSPS) is 14.5. The Balaban J connectivity index is 4.72. The minimum Gasteiger partial charge on any atom is -0.453 e. The summed E-state index contributed by atoms with van der Waals surface area (Å²) in [6.07, 6.45) is 0.482. The van der Waals surface area contributed by atoms with Gasteiger partial charge in [0.2, 0.25) is 11.8 Å². The van der Waals surface area contributed by atoms with E-state index in [-0.39, 0.29) is 11.8 Å². The van der Waals surface area contributed by atoms with Gasteiger partial charge in [-0.2, -0.15) is 0 Å². The van der Waals surface area contributed by atoms with E-state index in [9.17, 15) is 19.2 Å². The van der Waals surface area contributed by atoms with Crippen LogP contribution in [0.3, 0.4) is 0 Å². The molecule has 1 unspecified atom stereocenters. The van der Waals surface area contributed by atoms with E-state index in [0.29, 0.717) is 12.7 Å². The number of methoxy groups -OCH3 is 1. The quantitative estimate of drug-likeness (QED) is 0.531. The predicted octanol–water partition coefficient (Wildman–Crippen LogP) is 0.601. The van der Waals surface area contributed by atoms with E-state index in [4.69, 9.17) is 0 Å². The lowest BCUT2D eigenvalue weighted by molar-refractivity contribution is -0.131. The summed E-state index contributed by atoms with van der Waals surface area (Å²) in [5, 5.41) is 7.55. The first-order chi connectivity index (χ1) is 11.1. The van der Waals surface area contributed by atoms with E-state index in [1.807, 2.05) is 13.8 Å². The molecule has 0 aliphatic carbocycles. The van der Waals surface area contributed by atoms with Crippen LogP contribution in [0.15, 0.2) is 0 Å². The number of aldehydes is 1. The number of hydrogen-bond donors (Lipinski definition) is 3.